The number of ether oxygens (including phenoxy) is 1. The fourth-order valence-electron chi connectivity index (χ4n) is 2.48. The van der Waals surface area contributed by atoms with Gasteiger partial charge >= 0.3 is 6.61 Å². The molecule has 3 rings (SSSR count). The molecule has 1 saturated carbocycles. The molecule has 1 atom stereocenters. The predicted molar refractivity (Wildman–Crippen MR) is 89.5 cm³/mol. The van der Waals surface area contributed by atoms with Crippen molar-refractivity contribution < 1.29 is 13.5 Å². The molecule has 1 aromatic heterocycles. The third-order valence-corrected chi connectivity index (χ3v) is 5.00. The first-order valence-corrected chi connectivity index (χ1v) is 8.72. The molecule has 1 fully saturated rings. The van der Waals surface area contributed by atoms with Crippen LogP contribution in [0.15, 0.2) is 42.1 Å². The summed E-state index contributed by atoms with van der Waals surface area (Å²) >= 11 is 1.60. The molecule has 0 saturated heterocycles. The van der Waals surface area contributed by atoms with E-state index < -0.39 is 6.61 Å². The molecular formula is C17H19F2N3OS. The molecule has 1 aliphatic rings. The minimum Gasteiger partial charge on any atom is -0.435 e. The third-order valence-electron chi connectivity index (χ3n) is 3.86. The van der Waals surface area contributed by atoms with Crippen LogP contribution in [0.1, 0.15) is 42.3 Å². The van der Waals surface area contributed by atoms with E-state index in [0.717, 1.165) is 16.5 Å². The summed E-state index contributed by atoms with van der Waals surface area (Å²) in [4.78, 5) is 0. The maximum Gasteiger partial charge on any atom is 0.387 e. The Labute approximate surface area is 143 Å². The standard InChI is InChI=1S/C17H19F2N3OS/c1-3-10-22-15(13-4-5-13)20-21-17(22)24-11(2)12-6-8-14(9-7-12)23-16(18)19/h3,6-9,11,13,16H,1,4-5,10H2,2H3. The highest BCUT2D eigenvalue weighted by molar-refractivity contribution is 7.99. The van der Waals surface area contributed by atoms with Crippen LogP contribution in [0.4, 0.5) is 8.78 Å². The number of nitrogens with zero attached hydrogens (tertiary/aromatic N) is 3. The first-order chi connectivity index (χ1) is 11.6. The van der Waals surface area contributed by atoms with Gasteiger partial charge in [-0.1, -0.05) is 30.0 Å². The van der Waals surface area contributed by atoms with Gasteiger partial charge in [-0.05, 0) is 37.5 Å². The van der Waals surface area contributed by atoms with Gasteiger partial charge in [0, 0.05) is 17.7 Å². The van der Waals surface area contributed by atoms with Gasteiger partial charge in [-0.2, -0.15) is 8.78 Å². The molecule has 1 aliphatic carbocycles. The number of allylic oxidation sites excluding steroid dienone is 1. The largest absolute Gasteiger partial charge is 0.435 e. The third kappa shape index (κ3) is 3.95. The quantitative estimate of drug-likeness (QED) is 0.506. The molecule has 7 heteroatoms. The van der Waals surface area contributed by atoms with Crippen molar-refractivity contribution in [2.75, 3.05) is 0 Å². The minimum atomic E-state index is -2.80. The predicted octanol–water partition coefficient (Wildman–Crippen LogP) is 4.80. The van der Waals surface area contributed by atoms with E-state index in [-0.39, 0.29) is 11.0 Å². The molecule has 128 valence electrons. The molecule has 1 unspecified atom stereocenters. The summed E-state index contributed by atoms with van der Waals surface area (Å²) in [7, 11) is 0. The normalized spacial score (nSPS) is 15.5. The lowest BCUT2D eigenvalue weighted by molar-refractivity contribution is -0.0498. The molecule has 1 heterocycles. The van der Waals surface area contributed by atoms with Crippen molar-refractivity contribution in [3.05, 3.63) is 48.3 Å². The molecule has 0 radical (unpaired) electrons. The Morgan fingerprint density at radius 1 is 1.33 bits per heavy atom. The fraction of sp³-hybridized carbons (Fsp3) is 0.412. The van der Waals surface area contributed by atoms with E-state index in [4.69, 9.17) is 0 Å². The highest BCUT2D eigenvalue weighted by atomic mass is 32.2. The Balaban J connectivity index is 1.72. The number of hydrogen-bond donors (Lipinski definition) is 0. The van der Waals surface area contributed by atoms with Crippen molar-refractivity contribution in [2.24, 2.45) is 0 Å². The van der Waals surface area contributed by atoms with E-state index in [2.05, 4.69) is 33.0 Å². The van der Waals surface area contributed by atoms with Gasteiger partial charge in [-0.3, -0.25) is 0 Å². The summed E-state index contributed by atoms with van der Waals surface area (Å²) in [6.07, 6.45) is 4.18. The summed E-state index contributed by atoms with van der Waals surface area (Å²) in [5.74, 6) is 1.72. The lowest BCUT2D eigenvalue weighted by Crippen LogP contribution is -2.04. The number of alkyl halides is 2. The molecule has 0 bridgehead atoms. The molecule has 1 aromatic carbocycles. The molecule has 2 aromatic rings. The van der Waals surface area contributed by atoms with E-state index in [9.17, 15) is 8.78 Å². The van der Waals surface area contributed by atoms with Crippen molar-refractivity contribution in [1.29, 1.82) is 0 Å². The van der Waals surface area contributed by atoms with Gasteiger partial charge in [-0.25, -0.2) is 0 Å². The van der Waals surface area contributed by atoms with Crippen LogP contribution in [0, 0.1) is 0 Å². The number of benzene rings is 1. The highest BCUT2D eigenvalue weighted by Crippen LogP contribution is 2.41. The molecule has 4 nitrogen and oxygen atoms in total. The van der Waals surface area contributed by atoms with Crippen LogP contribution >= 0.6 is 11.8 Å². The Morgan fingerprint density at radius 3 is 2.62 bits per heavy atom. The van der Waals surface area contributed by atoms with Crippen LogP contribution in [0.5, 0.6) is 5.75 Å². The van der Waals surface area contributed by atoms with E-state index in [1.165, 1.54) is 12.8 Å². The second-order valence-electron chi connectivity index (χ2n) is 5.72. The Hall–Kier alpha value is -1.89. The van der Waals surface area contributed by atoms with Gasteiger partial charge in [-0.15, -0.1) is 16.8 Å². The summed E-state index contributed by atoms with van der Waals surface area (Å²) in [5.41, 5.74) is 1.02. The average Bonchev–Trinajstić information content (AvgIpc) is 3.32. The zero-order valence-electron chi connectivity index (χ0n) is 13.4. The zero-order valence-corrected chi connectivity index (χ0v) is 14.2. The van der Waals surface area contributed by atoms with Crippen LogP contribution in [-0.4, -0.2) is 21.4 Å². The molecular weight excluding hydrogens is 332 g/mol. The van der Waals surface area contributed by atoms with Crippen molar-refractivity contribution in [1.82, 2.24) is 14.8 Å². The van der Waals surface area contributed by atoms with Gasteiger partial charge in [0.2, 0.25) is 0 Å². The minimum absolute atomic E-state index is 0.116. The maximum atomic E-state index is 12.2. The molecule has 0 N–H and O–H groups in total. The van der Waals surface area contributed by atoms with Crippen molar-refractivity contribution in [3.63, 3.8) is 0 Å². The smallest absolute Gasteiger partial charge is 0.387 e. The van der Waals surface area contributed by atoms with Crippen molar-refractivity contribution in [2.45, 2.75) is 49.2 Å². The number of thioether (sulfide) groups is 1. The van der Waals surface area contributed by atoms with E-state index >= 15 is 0 Å². The Morgan fingerprint density at radius 2 is 2.04 bits per heavy atom. The fourth-order valence-corrected chi connectivity index (χ4v) is 3.47. The van der Waals surface area contributed by atoms with Gasteiger partial charge in [0.15, 0.2) is 5.16 Å². The van der Waals surface area contributed by atoms with Crippen molar-refractivity contribution >= 4 is 11.8 Å². The summed E-state index contributed by atoms with van der Waals surface area (Å²) in [6, 6.07) is 6.71. The summed E-state index contributed by atoms with van der Waals surface area (Å²) < 4.78 is 30.9. The van der Waals surface area contributed by atoms with Gasteiger partial charge in [0.25, 0.3) is 0 Å². The van der Waals surface area contributed by atoms with Crippen LogP contribution in [0.2, 0.25) is 0 Å². The second-order valence-corrected chi connectivity index (χ2v) is 7.03. The van der Waals surface area contributed by atoms with Crippen molar-refractivity contribution in [3.8, 4) is 5.75 Å². The number of rotatable bonds is 8. The lowest BCUT2D eigenvalue weighted by atomic mass is 10.2. The number of halogens is 2. The molecule has 24 heavy (non-hydrogen) atoms. The summed E-state index contributed by atoms with van der Waals surface area (Å²) in [5, 5.41) is 9.63. The lowest BCUT2D eigenvalue weighted by Gasteiger charge is -2.13. The van der Waals surface area contributed by atoms with Crippen LogP contribution < -0.4 is 4.74 Å². The Kier molecular flexibility index (Phi) is 5.18. The first kappa shape index (κ1) is 17.0. The first-order valence-electron chi connectivity index (χ1n) is 7.84. The number of hydrogen-bond acceptors (Lipinski definition) is 4. The van der Waals surface area contributed by atoms with Gasteiger partial charge in [0.05, 0.1) is 0 Å². The molecule has 0 aliphatic heterocycles. The zero-order chi connectivity index (χ0) is 17.1. The highest BCUT2D eigenvalue weighted by Gasteiger charge is 2.30. The van der Waals surface area contributed by atoms with Gasteiger partial charge in [0.1, 0.15) is 11.6 Å². The maximum absolute atomic E-state index is 12.2. The second kappa shape index (κ2) is 7.34. The average molecular weight is 351 g/mol. The SMILES string of the molecule is C=CCn1c(SC(C)c2ccc(OC(F)F)cc2)nnc1C1CC1. The van der Waals surface area contributed by atoms with E-state index in [1.54, 1.807) is 36.0 Å². The monoisotopic (exact) mass is 351 g/mol. The summed E-state index contributed by atoms with van der Waals surface area (Å²) in [6.45, 7) is 3.75. The molecule has 0 spiro atoms. The molecule has 0 amide bonds. The Bertz CT molecular complexity index is 698. The topological polar surface area (TPSA) is 39.9 Å². The van der Waals surface area contributed by atoms with Crippen LogP contribution in [-0.2, 0) is 6.54 Å². The van der Waals surface area contributed by atoms with E-state index in [1.807, 2.05) is 6.08 Å². The number of aromatic nitrogens is 3. The van der Waals surface area contributed by atoms with Crippen LogP contribution in [0.3, 0.4) is 0 Å². The van der Waals surface area contributed by atoms with Crippen LogP contribution in [0.25, 0.3) is 0 Å². The van der Waals surface area contributed by atoms with E-state index in [0.29, 0.717) is 12.5 Å². The van der Waals surface area contributed by atoms with Gasteiger partial charge < -0.3 is 9.30 Å².